The van der Waals surface area contributed by atoms with E-state index < -0.39 is 6.09 Å². The largest absolute Gasteiger partial charge is 0.465 e. The van der Waals surface area contributed by atoms with Crippen molar-refractivity contribution in [3.8, 4) is 0 Å². The van der Waals surface area contributed by atoms with E-state index in [1.54, 1.807) is 0 Å². The predicted molar refractivity (Wildman–Crippen MR) is 52.4 cm³/mol. The van der Waals surface area contributed by atoms with Gasteiger partial charge < -0.3 is 15.1 Å². The average molecular weight is 216 g/mol. The first-order valence-corrected chi connectivity index (χ1v) is 5.01. The normalized spacial score (nSPS) is 10.1. The second-order valence-corrected chi connectivity index (χ2v) is 3.85. The first-order valence-electron chi connectivity index (χ1n) is 4.13. The topological polar surface area (TPSA) is 73.7 Å². The zero-order valence-corrected chi connectivity index (χ0v) is 8.62. The van der Waals surface area contributed by atoms with E-state index in [2.05, 4.69) is 4.98 Å². The van der Waals surface area contributed by atoms with Gasteiger partial charge in [0.15, 0.2) is 0 Å². The van der Waals surface area contributed by atoms with E-state index >= 15 is 0 Å². The number of hydrogen-bond acceptors (Lipinski definition) is 4. The molecule has 0 bridgehead atoms. The number of thiazole rings is 1. The molecule has 0 aliphatic rings. The molecule has 0 fully saturated rings. The standard InChI is InChI=1S/C8H12N2O3S/c1-6-9-7(5-14-6)4-10(2-3-11)8(12)13/h5,11H,2-4H2,1H3,(H,12,13). The lowest BCUT2D eigenvalue weighted by Gasteiger charge is -2.16. The van der Waals surface area contributed by atoms with Crippen LogP contribution in [0.1, 0.15) is 10.7 Å². The fourth-order valence-corrected chi connectivity index (χ4v) is 1.64. The first-order chi connectivity index (χ1) is 6.63. The smallest absolute Gasteiger partial charge is 0.407 e. The van der Waals surface area contributed by atoms with Crippen molar-refractivity contribution >= 4 is 17.4 Å². The van der Waals surface area contributed by atoms with E-state index in [1.807, 2.05) is 12.3 Å². The molecule has 6 heteroatoms. The number of hydrogen-bond donors (Lipinski definition) is 2. The first kappa shape index (κ1) is 10.9. The van der Waals surface area contributed by atoms with Crippen LogP contribution in [-0.2, 0) is 6.54 Å². The summed E-state index contributed by atoms with van der Waals surface area (Å²) < 4.78 is 0. The fourth-order valence-electron chi connectivity index (χ4n) is 1.04. The molecule has 0 saturated carbocycles. The molecule has 0 aliphatic heterocycles. The molecule has 0 saturated heterocycles. The summed E-state index contributed by atoms with van der Waals surface area (Å²) in [5.41, 5.74) is 0.725. The average Bonchev–Trinajstić information content (AvgIpc) is 2.50. The van der Waals surface area contributed by atoms with Crippen LogP contribution in [0.25, 0.3) is 0 Å². The molecule has 1 aromatic rings. The third kappa shape index (κ3) is 2.97. The third-order valence-electron chi connectivity index (χ3n) is 1.66. The van der Waals surface area contributed by atoms with E-state index in [1.165, 1.54) is 11.3 Å². The summed E-state index contributed by atoms with van der Waals surface area (Å²) in [5.74, 6) is 0. The minimum absolute atomic E-state index is 0.117. The van der Waals surface area contributed by atoms with Crippen molar-refractivity contribution in [2.24, 2.45) is 0 Å². The molecule has 0 radical (unpaired) electrons. The Kier molecular flexibility index (Phi) is 3.84. The van der Waals surface area contributed by atoms with Crippen molar-refractivity contribution in [2.75, 3.05) is 13.2 Å². The fraction of sp³-hybridized carbons (Fsp3) is 0.500. The van der Waals surface area contributed by atoms with Crippen LogP contribution in [0.3, 0.4) is 0 Å². The number of amides is 1. The quantitative estimate of drug-likeness (QED) is 0.785. The molecule has 0 aromatic carbocycles. The van der Waals surface area contributed by atoms with Crippen LogP contribution in [0.4, 0.5) is 4.79 Å². The maximum Gasteiger partial charge on any atom is 0.407 e. The number of rotatable bonds is 4. The van der Waals surface area contributed by atoms with Gasteiger partial charge in [-0.15, -0.1) is 11.3 Å². The number of aromatic nitrogens is 1. The van der Waals surface area contributed by atoms with Crippen molar-refractivity contribution < 1.29 is 15.0 Å². The molecule has 5 nitrogen and oxygen atoms in total. The zero-order valence-electron chi connectivity index (χ0n) is 7.80. The van der Waals surface area contributed by atoms with Crippen molar-refractivity contribution in [3.63, 3.8) is 0 Å². The van der Waals surface area contributed by atoms with Crippen LogP contribution in [0.15, 0.2) is 5.38 Å². The number of carboxylic acid groups (broad SMARTS) is 1. The van der Waals surface area contributed by atoms with Gasteiger partial charge in [-0.25, -0.2) is 9.78 Å². The number of nitrogens with zero attached hydrogens (tertiary/aromatic N) is 2. The highest BCUT2D eigenvalue weighted by Crippen LogP contribution is 2.10. The van der Waals surface area contributed by atoms with Crippen LogP contribution in [0.2, 0.25) is 0 Å². The van der Waals surface area contributed by atoms with Crippen LogP contribution >= 0.6 is 11.3 Å². The summed E-state index contributed by atoms with van der Waals surface area (Å²) in [5, 5.41) is 20.1. The molecule has 0 unspecified atom stereocenters. The molecule has 14 heavy (non-hydrogen) atoms. The molecule has 0 atom stereocenters. The lowest BCUT2D eigenvalue weighted by molar-refractivity contribution is 0.128. The van der Waals surface area contributed by atoms with Gasteiger partial charge in [0, 0.05) is 11.9 Å². The van der Waals surface area contributed by atoms with Gasteiger partial charge in [0.1, 0.15) is 0 Å². The monoisotopic (exact) mass is 216 g/mol. The maximum absolute atomic E-state index is 10.7. The second kappa shape index (κ2) is 4.92. The Labute approximate surface area is 85.6 Å². The van der Waals surface area contributed by atoms with E-state index in [0.717, 1.165) is 15.6 Å². The molecule has 1 amide bonds. The van der Waals surface area contributed by atoms with Gasteiger partial charge in [-0.2, -0.15) is 0 Å². The van der Waals surface area contributed by atoms with Gasteiger partial charge >= 0.3 is 6.09 Å². The molecule has 1 rings (SSSR count). The Morgan fingerprint density at radius 3 is 2.86 bits per heavy atom. The molecular formula is C8H12N2O3S. The molecule has 0 aliphatic carbocycles. The van der Waals surface area contributed by atoms with Crippen LogP contribution in [-0.4, -0.2) is 39.3 Å². The molecular weight excluding hydrogens is 204 g/mol. The van der Waals surface area contributed by atoms with Crippen molar-refractivity contribution in [2.45, 2.75) is 13.5 Å². The maximum atomic E-state index is 10.7. The summed E-state index contributed by atoms with van der Waals surface area (Å²) >= 11 is 1.48. The summed E-state index contributed by atoms with van der Waals surface area (Å²) in [6.07, 6.45) is -1.04. The van der Waals surface area contributed by atoms with Crippen molar-refractivity contribution in [1.29, 1.82) is 0 Å². The predicted octanol–water partition coefficient (Wildman–Crippen LogP) is 0.924. The second-order valence-electron chi connectivity index (χ2n) is 2.79. The van der Waals surface area contributed by atoms with Gasteiger partial charge in [0.05, 0.1) is 23.9 Å². The lowest BCUT2D eigenvalue weighted by atomic mass is 10.4. The highest BCUT2D eigenvalue weighted by atomic mass is 32.1. The number of carbonyl (C=O) groups is 1. The van der Waals surface area contributed by atoms with Gasteiger partial charge in [0.25, 0.3) is 0 Å². The van der Waals surface area contributed by atoms with E-state index in [0.29, 0.717) is 0 Å². The number of aliphatic hydroxyl groups excluding tert-OH is 1. The van der Waals surface area contributed by atoms with E-state index in [9.17, 15) is 4.79 Å². The molecule has 1 aromatic heterocycles. The van der Waals surface area contributed by atoms with Gasteiger partial charge in [-0.05, 0) is 6.92 Å². The van der Waals surface area contributed by atoms with Gasteiger partial charge in [-0.1, -0.05) is 0 Å². The highest BCUT2D eigenvalue weighted by molar-refractivity contribution is 7.09. The van der Waals surface area contributed by atoms with Crippen LogP contribution in [0.5, 0.6) is 0 Å². The van der Waals surface area contributed by atoms with E-state index in [-0.39, 0.29) is 19.7 Å². The SMILES string of the molecule is Cc1nc(CN(CCO)C(=O)O)cs1. The minimum Gasteiger partial charge on any atom is -0.465 e. The van der Waals surface area contributed by atoms with Crippen LogP contribution < -0.4 is 0 Å². The molecule has 78 valence electrons. The third-order valence-corrected chi connectivity index (χ3v) is 2.48. The number of aryl methyl sites for hydroxylation is 1. The van der Waals surface area contributed by atoms with Gasteiger partial charge in [-0.3, -0.25) is 0 Å². The highest BCUT2D eigenvalue weighted by Gasteiger charge is 2.12. The Hall–Kier alpha value is -1.14. The Morgan fingerprint density at radius 2 is 2.43 bits per heavy atom. The lowest BCUT2D eigenvalue weighted by Crippen LogP contribution is -2.31. The van der Waals surface area contributed by atoms with Crippen LogP contribution in [0, 0.1) is 6.92 Å². The Bertz CT molecular complexity index is 313. The number of aliphatic hydroxyl groups is 1. The van der Waals surface area contributed by atoms with Gasteiger partial charge in [0.2, 0.25) is 0 Å². The summed E-state index contributed by atoms with van der Waals surface area (Å²) in [7, 11) is 0. The zero-order chi connectivity index (χ0) is 10.6. The van der Waals surface area contributed by atoms with Crippen molar-refractivity contribution in [1.82, 2.24) is 9.88 Å². The molecule has 2 N–H and O–H groups in total. The van der Waals surface area contributed by atoms with E-state index in [4.69, 9.17) is 10.2 Å². The summed E-state index contributed by atoms with van der Waals surface area (Å²) in [4.78, 5) is 16.0. The Morgan fingerprint density at radius 1 is 1.71 bits per heavy atom. The minimum atomic E-state index is -1.04. The van der Waals surface area contributed by atoms with Crippen molar-refractivity contribution in [3.05, 3.63) is 16.1 Å². The Balaban J connectivity index is 2.59. The summed E-state index contributed by atoms with van der Waals surface area (Å²) in [6, 6.07) is 0. The summed E-state index contributed by atoms with van der Waals surface area (Å²) in [6.45, 7) is 2.05. The molecule has 1 heterocycles. The molecule has 0 spiro atoms.